The Kier molecular flexibility index (Phi) is 10.7. The summed E-state index contributed by atoms with van der Waals surface area (Å²) in [5, 5.41) is 4.58. The number of para-hydroxylation sites is 2. The lowest BCUT2D eigenvalue weighted by Gasteiger charge is -2.36. The van der Waals surface area contributed by atoms with E-state index in [0.717, 1.165) is 55.7 Å². The predicted octanol–water partition coefficient (Wildman–Crippen LogP) is 19.7. The lowest BCUT2D eigenvalue weighted by molar-refractivity contribution is 0.768. The summed E-state index contributed by atoms with van der Waals surface area (Å²) >= 11 is 0. The Hall–Kier alpha value is -10.0. The van der Waals surface area contributed by atoms with Crippen molar-refractivity contribution >= 4 is 55.7 Å². The molecule has 0 aliphatic heterocycles. The first-order chi connectivity index (χ1) is 38.7. The molecule has 0 unspecified atom stereocenters. The van der Waals surface area contributed by atoms with Gasteiger partial charge in [0, 0.05) is 44.3 Å². The average molecular weight is 993 g/mol. The average Bonchev–Trinajstić information content (AvgIpc) is 4.17. The fraction of sp³-hybridized carbons (Fsp3) is 0.0263. The molecule has 0 N–H and O–H groups in total. The highest BCUT2D eigenvalue weighted by molar-refractivity contribution is 6.23. The number of hydrogen-bond donors (Lipinski definition) is 0. The molecule has 2 aliphatic carbocycles. The molecule has 2 heteroatoms. The highest BCUT2D eigenvalue weighted by Gasteiger charge is 2.48. The molecular formula is C76H52N2. The van der Waals surface area contributed by atoms with Gasteiger partial charge >= 0.3 is 0 Å². The summed E-state index contributed by atoms with van der Waals surface area (Å²) in [6, 6.07) is 117. The summed E-state index contributed by atoms with van der Waals surface area (Å²) in [5.74, 6) is 0. The number of anilines is 6. The molecule has 0 radical (unpaired) electrons. The zero-order chi connectivity index (χ0) is 51.6. The second-order valence-corrected chi connectivity index (χ2v) is 20.6. The van der Waals surface area contributed by atoms with Crippen molar-refractivity contribution < 1.29 is 0 Å². The van der Waals surface area contributed by atoms with Gasteiger partial charge in [-0.25, -0.2) is 0 Å². The molecule has 366 valence electrons. The highest BCUT2D eigenvalue weighted by atomic mass is 15.2. The molecule has 0 amide bonds. The van der Waals surface area contributed by atoms with Crippen LogP contribution in [-0.4, -0.2) is 0 Å². The van der Waals surface area contributed by atoms with Crippen molar-refractivity contribution in [3.63, 3.8) is 0 Å². The van der Waals surface area contributed by atoms with Gasteiger partial charge in [-0.05, 0) is 115 Å². The smallest absolute Gasteiger partial charge is 0.0714 e. The van der Waals surface area contributed by atoms with Crippen molar-refractivity contribution in [3.8, 4) is 22.3 Å². The first kappa shape index (κ1) is 45.4. The number of nitrogens with zero attached hydrogens (tertiary/aromatic N) is 2. The second kappa shape index (κ2) is 18.4. The fourth-order valence-corrected chi connectivity index (χ4v) is 13.7. The molecule has 0 aromatic heterocycles. The van der Waals surface area contributed by atoms with E-state index < -0.39 is 10.8 Å². The van der Waals surface area contributed by atoms with E-state index in [1.54, 1.807) is 0 Å². The first-order valence-corrected chi connectivity index (χ1v) is 27.1. The van der Waals surface area contributed by atoms with Gasteiger partial charge in [0.1, 0.15) is 0 Å². The van der Waals surface area contributed by atoms with E-state index in [1.807, 2.05) is 0 Å². The van der Waals surface area contributed by atoms with Crippen molar-refractivity contribution in [2.24, 2.45) is 0 Å². The lowest BCUT2D eigenvalue weighted by atomic mass is 9.67. The zero-order valence-corrected chi connectivity index (χ0v) is 42.9. The Balaban J connectivity index is 0.984. The Morgan fingerprint density at radius 2 is 0.436 bits per heavy atom. The lowest BCUT2D eigenvalue weighted by Crippen LogP contribution is -2.29. The van der Waals surface area contributed by atoms with Crippen LogP contribution in [-0.2, 0) is 10.8 Å². The summed E-state index contributed by atoms with van der Waals surface area (Å²) in [4.78, 5) is 5.02. The minimum Gasteiger partial charge on any atom is -0.309 e. The van der Waals surface area contributed by atoms with Crippen molar-refractivity contribution in [1.82, 2.24) is 0 Å². The van der Waals surface area contributed by atoms with Crippen molar-refractivity contribution in [1.29, 1.82) is 0 Å². The molecule has 15 rings (SSSR count). The number of fused-ring (bicyclic) bond motifs is 8. The minimum absolute atomic E-state index is 0.562. The minimum atomic E-state index is -0.562. The molecular weight excluding hydrogens is 941 g/mol. The van der Waals surface area contributed by atoms with Crippen LogP contribution < -0.4 is 9.80 Å². The van der Waals surface area contributed by atoms with E-state index in [1.165, 1.54) is 66.8 Å². The SMILES string of the molecule is c1ccc(N(c2cccc(C3(c4ccccc4)c4ccccc4-c4ccccc43)c2)c2c3ccccc3c(N(c3ccccc3)c3cccc(C4(c5ccccc5)c5ccccc5-c5ccccc54)c3)c3ccccc23)cc1. The molecule has 13 aromatic rings. The molecule has 78 heavy (non-hydrogen) atoms. The van der Waals surface area contributed by atoms with Gasteiger partial charge < -0.3 is 9.80 Å². The predicted molar refractivity (Wildman–Crippen MR) is 325 cm³/mol. The Bertz CT molecular complexity index is 3960. The molecule has 0 saturated carbocycles. The van der Waals surface area contributed by atoms with Crippen LogP contribution in [0.1, 0.15) is 44.5 Å². The van der Waals surface area contributed by atoms with Crippen LogP contribution in [0.2, 0.25) is 0 Å². The fourth-order valence-electron chi connectivity index (χ4n) is 13.7. The summed E-state index contributed by atoms with van der Waals surface area (Å²) in [7, 11) is 0. The van der Waals surface area contributed by atoms with Crippen LogP contribution >= 0.6 is 0 Å². The van der Waals surface area contributed by atoms with Crippen LogP contribution in [0, 0.1) is 0 Å². The third kappa shape index (κ3) is 6.70. The molecule has 0 fully saturated rings. The summed E-state index contributed by atoms with van der Waals surface area (Å²) in [6.45, 7) is 0. The van der Waals surface area contributed by atoms with E-state index in [0.29, 0.717) is 0 Å². The van der Waals surface area contributed by atoms with Gasteiger partial charge in [-0.15, -0.1) is 0 Å². The maximum atomic E-state index is 2.51. The standard InChI is InChI=1S/C76H52N2/c1-5-27-53(28-6-1)75(69-47-21-17-39-61(69)62-40-18-22-48-70(62)75)55-31-25-37-59(51-55)77(57-33-9-3-10-34-57)73-65-43-13-15-45-67(65)74(68-46-16-14-44-66(68)73)78(58-35-11-4-12-36-58)60-38-26-32-56(52-60)76(54-29-7-2-8-30-54)71-49-23-19-41-63(71)64-42-20-24-50-72(64)76/h1-52H. The Morgan fingerprint density at radius 3 is 0.756 bits per heavy atom. The van der Waals surface area contributed by atoms with Crippen LogP contribution in [0.5, 0.6) is 0 Å². The molecule has 0 spiro atoms. The van der Waals surface area contributed by atoms with Crippen molar-refractivity contribution in [3.05, 3.63) is 360 Å². The maximum Gasteiger partial charge on any atom is 0.0714 e. The van der Waals surface area contributed by atoms with E-state index in [9.17, 15) is 0 Å². The monoisotopic (exact) mass is 992 g/mol. The van der Waals surface area contributed by atoms with E-state index in [4.69, 9.17) is 0 Å². The van der Waals surface area contributed by atoms with Gasteiger partial charge in [-0.2, -0.15) is 0 Å². The van der Waals surface area contributed by atoms with Crippen LogP contribution in [0.4, 0.5) is 34.1 Å². The van der Waals surface area contributed by atoms with E-state index >= 15 is 0 Å². The molecule has 0 heterocycles. The second-order valence-electron chi connectivity index (χ2n) is 20.6. The van der Waals surface area contributed by atoms with Crippen LogP contribution in [0.25, 0.3) is 43.8 Å². The summed E-state index contributed by atoms with van der Waals surface area (Å²) in [6.07, 6.45) is 0. The number of benzene rings is 13. The van der Waals surface area contributed by atoms with Crippen molar-refractivity contribution in [2.75, 3.05) is 9.80 Å². The van der Waals surface area contributed by atoms with Crippen molar-refractivity contribution in [2.45, 2.75) is 10.8 Å². The molecule has 2 nitrogen and oxygen atoms in total. The van der Waals surface area contributed by atoms with Gasteiger partial charge in [0.2, 0.25) is 0 Å². The molecule has 13 aromatic carbocycles. The maximum absolute atomic E-state index is 2.51. The molecule has 0 bridgehead atoms. The molecule has 2 aliphatic rings. The van der Waals surface area contributed by atoms with Gasteiger partial charge in [0.25, 0.3) is 0 Å². The summed E-state index contributed by atoms with van der Waals surface area (Å²) in [5.41, 5.74) is 20.6. The van der Waals surface area contributed by atoms with Gasteiger partial charge in [0.05, 0.1) is 22.2 Å². The van der Waals surface area contributed by atoms with Crippen LogP contribution in [0.15, 0.2) is 315 Å². The van der Waals surface area contributed by atoms with Gasteiger partial charge in [0.15, 0.2) is 0 Å². The third-order valence-corrected chi connectivity index (χ3v) is 16.7. The molecule has 0 atom stereocenters. The number of rotatable bonds is 10. The first-order valence-electron chi connectivity index (χ1n) is 27.1. The zero-order valence-electron chi connectivity index (χ0n) is 42.9. The quantitative estimate of drug-likeness (QED) is 0.0995. The highest BCUT2D eigenvalue weighted by Crippen LogP contribution is 2.59. The number of hydrogen-bond acceptors (Lipinski definition) is 2. The van der Waals surface area contributed by atoms with Crippen LogP contribution in [0.3, 0.4) is 0 Å². The topological polar surface area (TPSA) is 6.48 Å². The van der Waals surface area contributed by atoms with E-state index in [2.05, 4.69) is 325 Å². The molecule has 0 saturated heterocycles. The Morgan fingerprint density at radius 1 is 0.192 bits per heavy atom. The van der Waals surface area contributed by atoms with Gasteiger partial charge in [-0.3, -0.25) is 0 Å². The van der Waals surface area contributed by atoms with E-state index in [-0.39, 0.29) is 0 Å². The largest absolute Gasteiger partial charge is 0.309 e. The third-order valence-electron chi connectivity index (χ3n) is 16.7. The summed E-state index contributed by atoms with van der Waals surface area (Å²) < 4.78 is 0. The normalized spacial score (nSPS) is 13.3. The van der Waals surface area contributed by atoms with Gasteiger partial charge in [-0.1, -0.05) is 267 Å². The Labute approximate surface area is 456 Å².